The van der Waals surface area contributed by atoms with Crippen LogP contribution in [-0.4, -0.2) is 19.2 Å². The molecule has 4 heteroatoms. The van der Waals surface area contributed by atoms with Crippen LogP contribution in [0.5, 0.6) is 11.8 Å². The van der Waals surface area contributed by atoms with Gasteiger partial charge in [-0.1, -0.05) is 12.2 Å². The van der Waals surface area contributed by atoms with Gasteiger partial charge in [0.05, 0.1) is 26.7 Å². The number of rotatable bonds is 4. The van der Waals surface area contributed by atoms with Crippen LogP contribution in [0.25, 0.3) is 6.08 Å². The van der Waals surface area contributed by atoms with E-state index in [1.807, 2.05) is 12.1 Å². The van der Waals surface area contributed by atoms with Gasteiger partial charge in [-0.25, -0.2) is 0 Å². The fourth-order valence-electron chi connectivity index (χ4n) is 1.08. The lowest BCUT2D eigenvalue weighted by Crippen LogP contribution is -1.94. The zero-order valence-electron chi connectivity index (χ0n) is 8.73. The zero-order valence-corrected chi connectivity index (χ0v) is 8.73. The van der Waals surface area contributed by atoms with Gasteiger partial charge in [-0.2, -0.15) is 10.2 Å². The molecule has 0 bridgehead atoms. The molecule has 4 nitrogen and oxygen atoms in total. The van der Waals surface area contributed by atoms with Crippen LogP contribution >= 0.6 is 0 Å². The molecule has 0 fully saturated rings. The van der Waals surface area contributed by atoms with Crippen molar-refractivity contribution in [2.45, 2.75) is 6.42 Å². The summed E-state index contributed by atoms with van der Waals surface area (Å²) in [5, 5.41) is 8.38. The van der Waals surface area contributed by atoms with Gasteiger partial charge in [0.1, 0.15) is 0 Å². The molecular weight excluding hydrogens is 192 g/mol. The second-order valence-corrected chi connectivity index (χ2v) is 2.72. The Morgan fingerprint density at radius 3 is 2.80 bits per heavy atom. The summed E-state index contributed by atoms with van der Waals surface area (Å²) in [6.45, 7) is 0. The van der Waals surface area contributed by atoms with E-state index >= 15 is 0 Å². The third-order valence-electron chi connectivity index (χ3n) is 1.77. The molecule has 1 aromatic heterocycles. The number of nitriles is 1. The molecule has 0 aliphatic heterocycles. The minimum Gasteiger partial charge on any atom is -0.481 e. The first-order valence-electron chi connectivity index (χ1n) is 4.44. The van der Waals surface area contributed by atoms with E-state index in [-0.39, 0.29) is 0 Å². The molecule has 0 atom stereocenters. The number of nitrogens with zero attached hydrogens (tertiary/aromatic N) is 2. The van der Waals surface area contributed by atoms with Crippen LogP contribution in [0.1, 0.15) is 12.0 Å². The van der Waals surface area contributed by atoms with Crippen molar-refractivity contribution in [3.8, 4) is 17.8 Å². The molecule has 0 aliphatic carbocycles. The Hall–Kier alpha value is -2.02. The summed E-state index contributed by atoms with van der Waals surface area (Å²) >= 11 is 0. The van der Waals surface area contributed by atoms with Crippen molar-refractivity contribution in [1.82, 2.24) is 4.98 Å². The van der Waals surface area contributed by atoms with Gasteiger partial charge in [-0.05, 0) is 6.07 Å². The molecule has 0 saturated heterocycles. The van der Waals surface area contributed by atoms with Gasteiger partial charge < -0.3 is 9.47 Å². The van der Waals surface area contributed by atoms with Gasteiger partial charge in [0.15, 0.2) is 0 Å². The first kappa shape index (κ1) is 11.1. The number of allylic oxidation sites excluding steroid dienone is 1. The lowest BCUT2D eigenvalue weighted by atomic mass is 10.2. The molecule has 1 rings (SSSR count). The van der Waals surface area contributed by atoms with E-state index in [1.54, 1.807) is 32.4 Å². The Kier molecular flexibility index (Phi) is 4.17. The molecule has 0 unspecified atom stereocenters. The quantitative estimate of drug-likeness (QED) is 0.752. The van der Waals surface area contributed by atoms with Gasteiger partial charge in [0.2, 0.25) is 11.8 Å². The predicted molar refractivity (Wildman–Crippen MR) is 56.6 cm³/mol. The van der Waals surface area contributed by atoms with Gasteiger partial charge in [-0.3, -0.25) is 0 Å². The molecule has 1 heterocycles. The maximum Gasteiger partial charge on any atom is 0.223 e. The monoisotopic (exact) mass is 204 g/mol. The summed E-state index contributed by atoms with van der Waals surface area (Å²) in [6.07, 6.45) is 3.93. The van der Waals surface area contributed by atoms with Gasteiger partial charge in [-0.15, -0.1) is 0 Å². The van der Waals surface area contributed by atoms with E-state index in [1.165, 1.54) is 0 Å². The van der Waals surface area contributed by atoms with Crippen LogP contribution in [0.2, 0.25) is 0 Å². The Morgan fingerprint density at radius 1 is 1.40 bits per heavy atom. The van der Waals surface area contributed by atoms with E-state index in [0.29, 0.717) is 18.2 Å². The summed E-state index contributed by atoms with van der Waals surface area (Å²) in [6, 6.07) is 5.60. The highest BCUT2D eigenvalue weighted by Crippen LogP contribution is 2.20. The van der Waals surface area contributed by atoms with Crippen molar-refractivity contribution < 1.29 is 9.47 Å². The Labute approximate surface area is 88.8 Å². The van der Waals surface area contributed by atoms with Gasteiger partial charge in [0.25, 0.3) is 0 Å². The van der Waals surface area contributed by atoms with E-state index in [9.17, 15) is 0 Å². The number of pyridine rings is 1. The third-order valence-corrected chi connectivity index (χ3v) is 1.77. The van der Waals surface area contributed by atoms with Gasteiger partial charge in [0, 0.05) is 11.6 Å². The molecule has 1 aromatic rings. The molecule has 0 amide bonds. The fourth-order valence-corrected chi connectivity index (χ4v) is 1.08. The van der Waals surface area contributed by atoms with E-state index in [0.717, 1.165) is 5.56 Å². The summed E-state index contributed by atoms with van der Waals surface area (Å²) in [7, 11) is 3.09. The van der Waals surface area contributed by atoms with Crippen LogP contribution in [0.4, 0.5) is 0 Å². The van der Waals surface area contributed by atoms with Gasteiger partial charge >= 0.3 is 0 Å². The molecule has 0 radical (unpaired) electrons. The first-order valence-corrected chi connectivity index (χ1v) is 4.44. The van der Waals surface area contributed by atoms with E-state index < -0.39 is 0 Å². The second-order valence-electron chi connectivity index (χ2n) is 2.72. The highest BCUT2D eigenvalue weighted by molar-refractivity contribution is 5.55. The van der Waals surface area contributed by atoms with Crippen molar-refractivity contribution >= 4 is 6.08 Å². The highest BCUT2D eigenvalue weighted by atomic mass is 16.5. The van der Waals surface area contributed by atoms with E-state index in [4.69, 9.17) is 14.7 Å². The number of hydrogen-bond acceptors (Lipinski definition) is 4. The predicted octanol–water partition coefficient (Wildman–Crippen LogP) is 2.03. The second kappa shape index (κ2) is 5.66. The lowest BCUT2D eigenvalue weighted by molar-refractivity contribution is 0.364. The fraction of sp³-hybridized carbons (Fsp3) is 0.273. The van der Waals surface area contributed by atoms with E-state index in [2.05, 4.69) is 4.98 Å². The average Bonchev–Trinajstić information content (AvgIpc) is 2.29. The van der Waals surface area contributed by atoms with Crippen LogP contribution in [0.15, 0.2) is 18.2 Å². The molecular formula is C11H12N2O2. The Morgan fingerprint density at radius 2 is 2.20 bits per heavy atom. The summed E-state index contributed by atoms with van der Waals surface area (Å²) in [4.78, 5) is 4.11. The van der Waals surface area contributed by atoms with Crippen molar-refractivity contribution in [2.75, 3.05) is 14.2 Å². The number of aromatic nitrogens is 1. The molecule has 0 aliphatic rings. The van der Waals surface area contributed by atoms with Crippen LogP contribution in [0, 0.1) is 11.3 Å². The average molecular weight is 204 g/mol. The van der Waals surface area contributed by atoms with Crippen molar-refractivity contribution in [3.05, 3.63) is 23.8 Å². The van der Waals surface area contributed by atoms with Crippen LogP contribution < -0.4 is 9.47 Å². The first-order chi connectivity index (χ1) is 7.31. The number of methoxy groups -OCH3 is 2. The minimum absolute atomic E-state index is 0.370. The van der Waals surface area contributed by atoms with Crippen molar-refractivity contribution in [1.29, 1.82) is 5.26 Å². The lowest BCUT2D eigenvalue weighted by Gasteiger charge is -2.05. The normalized spacial score (nSPS) is 9.93. The zero-order chi connectivity index (χ0) is 11.1. The largest absolute Gasteiger partial charge is 0.481 e. The SMILES string of the molecule is COc1ccc(C=CCC#N)c(OC)n1. The van der Waals surface area contributed by atoms with Crippen molar-refractivity contribution in [3.63, 3.8) is 0 Å². The number of ether oxygens (including phenoxy) is 2. The molecule has 0 aromatic carbocycles. The van der Waals surface area contributed by atoms with Crippen LogP contribution in [0.3, 0.4) is 0 Å². The Bertz CT molecular complexity index is 394. The molecule has 0 saturated carbocycles. The van der Waals surface area contributed by atoms with Crippen molar-refractivity contribution in [2.24, 2.45) is 0 Å². The minimum atomic E-state index is 0.370. The molecule has 15 heavy (non-hydrogen) atoms. The maximum absolute atomic E-state index is 8.38. The topological polar surface area (TPSA) is 55.1 Å². The smallest absolute Gasteiger partial charge is 0.223 e. The molecule has 78 valence electrons. The van der Waals surface area contributed by atoms with Crippen LogP contribution in [-0.2, 0) is 0 Å². The molecule has 0 spiro atoms. The summed E-state index contributed by atoms with van der Waals surface area (Å²) in [5.41, 5.74) is 0.827. The summed E-state index contributed by atoms with van der Waals surface area (Å²) in [5.74, 6) is 0.993. The Balaban J connectivity index is 2.93. The maximum atomic E-state index is 8.38. The number of hydrogen-bond donors (Lipinski definition) is 0. The third kappa shape index (κ3) is 2.99. The summed E-state index contributed by atoms with van der Waals surface area (Å²) < 4.78 is 10.1. The highest BCUT2D eigenvalue weighted by Gasteiger charge is 2.02. The molecule has 0 N–H and O–H groups in total. The standard InChI is InChI=1S/C11H12N2O2/c1-14-10-7-6-9(5-3-4-8-12)11(13-10)15-2/h3,5-7H,4H2,1-2H3.